The highest BCUT2D eigenvalue weighted by atomic mass is 19.1. The van der Waals surface area contributed by atoms with Crippen LogP contribution in [0.4, 0.5) is 4.39 Å². The van der Waals surface area contributed by atoms with E-state index in [4.69, 9.17) is 4.52 Å². The van der Waals surface area contributed by atoms with Gasteiger partial charge in [0.15, 0.2) is 5.76 Å². The van der Waals surface area contributed by atoms with Crippen LogP contribution in [0.5, 0.6) is 0 Å². The summed E-state index contributed by atoms with van der Waals surface area (Å²) >= 11 is 0. The molecule has 2 rings (SSSR count). The fraction of sp³-hybridized carbons (Fsp3) is 0.412. The second-order valence-electron chi connectivity index (χ2n) is 5.75. The van der Waals surface area contributed by atoms with Gasteiger partial charge >= 0.3 is 0 Å². The van der Waals surface area contributed by atoms with E-state index in [2.05, 4.69) is 5.16 Å². The number of halogens is 1. The van der Waals surface area contributed by atoms with Crippen molar-refractivity contribution in [1.82, 2.24) is 15.0 Å². The van der Waals surface area contributed by atoms with Gasteiger partial charge in [0.1, 0.15) is 11.9 Å². The monoisotopic (exact) mass is 319 g/mol. The minimum absolute atomic E-state index is 0.0870. The van der Waals surface area contributed by atoms with Crippen LogP contribution in [0.2, 0.25) is 0 Å². The first-order valence-electron chi connectivity index (χ1n) is 7.53. The summed E-state index contributed by atoms with van der Waals surface area (Å²) in [5.74, 6) is 0.242. The SMILES string of the molecule is CCc1cc(CN(C)C(=O)[C@@H](c2ccc(F)cc2)N(C)C)on1. The molecule has 1 aromatic carbocycles. The Morgan fingerprint density at radius 2 is 1.91 bits per heavy atom. The maximum Gasteiger partial charge on any atom is 0.244 e. The van der Waals surface area contributed by atoms with Crippen LogP contribution in [0, 0.1) is 5.82 Å². The predicted molar refractivity (Wildman–Crippen MR) is 85.2 cm³/mol. The lowest BCUT2D eigenvalue weighted by atomic mass is 10.0. The molecule has 1 amide bonds. The van der Waals surface area contributed by atoms with E-state index >= 15 is 0 Å². The number of nitrogens with zero attached hydrogens (tertiary/aromatic N) is 3. The third-order valence-corrected chi connectivity index (χ3v) is 3.68. The van der Waals surface area contributed by atoms with Gasteiger partial charge in [-0.05, 0) is 38.2 Å². The van der Waals surface area contributed by atoms with Crippen molar-refractivity contribution in [1.29, 1.82) is 0 Å². The van der Waals surface area contributed by atoms with Crippen LogP contribution in [0.25, 0.3) is 0 Å². The molecular weight excluding hydrogens is 297 g/mol. The lowest BCUT2D eigenvalue weighted by molar-refractivity contribution is -0.135. The number of carbonyl (C=O) groups is 1. The zero-order valence-electron chi connectivity index (χ0n) is 13.9. The Bertz CT molecular complexity index is 652. The molecule has 0 saturated carbocycles. The summed E-state index contributed by atoms with van der Waals surface area (Å²) in [5.41, 5.74) is 1.61. The van der Waals surface area contributed by atoms with E-state index in [1.165, 1.54) is 12.1 Å². The summed E-state index contributed by atoms with van der Waals surface area (Å²) in [4.78, 5) is 16.2. The van der Waals surface area contributed by atoms with Gasteiger partial charge < -0.3 is 9.42 Å². The molecule has 0 saturated heterocycles. The quantitative estimate of drug-likeness (QED) is 0.821. The average molecular weight is 319 g/mol. The molecule has 0 aliphatic heterocycles. The molecule has 0 aliphatic rings. The van der Waals surface area contributed by atoms with Crippen LogP contribution in [-0.4, -0.2) is 42.0 Å². The van der Waals surface area contributed by atoms with Gasteiger partial charge in [-0.1, -0.05) is 24.2 Å². The van der Waals surface area contributed by atoms with E-state index in [-0.39, 0.29) is 11.7 Å². The number of aromatic nitrogens is 1. The maximum atomic E-state index is 13.1. The fourth-order valence-corrected chi connectivity index (χ4v) is 2.42. The number of amides is 1. The molecule has 0 N–H and O–H groups in total. The van der Waals surface area contributed by atoms with Gasteiger partial charge in [0.2, 0.25) is 5.91 Å². The molecule has 124 valence electrons. The third kappa shape index (κ3) is 4.16. The highest BCUT2D eigenvalue weighted by molar-refractivity contribution is 5.83. The van der Waals surface area contributed by atoms with E-state index in [9.17, 15) is 9.18 Å². The largest absolute Gasteiger partial charge is 0.359 e. The lowest BCUT2D eigenvalue weighted by Gasteiger charge is -2.28. The molecule has 0 bridgehead atoms. The fourth-order valence-electron chi connectivity index (χ4n) is 2.42. The smallest absolute Gasteiger partial charge is 0.244 e. The van der Waals surface area contributed by atoms with Gasteiger partial charge in [-0.3, -0.25) is 9.69 Å². The minimum atomic E-state index is -0.478. The Balaban J connectivity index is 2.15. The number of aryl methyl sites for hydroxylation is 1. The van der Waals surface area contributed by atoms with Crippen molar-refractivity contribution in [2.45, 2.75) is 25.9 Å². The van der Waals surface area contributed by atoms with Crippen LogP contribution >= 0.6 is 0 Å². The molecule has 1 aromatic heterocycles. The summed E-state index contributed by atoms with van der Waals surface area (Å²) in [6.45, 7) is 2.34. The lowest BCUT2D eigenvalue weighted by Crippen LogP contribution is -2.38. The van der Waals surface area contributed by atoms with Gasteiger partial charge in [-0.25, -0.2) is 4.39 Å². The van der Waals surface area contributed by atoms with Crippen LogP contribution in [0.15, 0.2) is 34.9 Å². The average Bonchev–Trinajstić information content (AvgIpc) is 2.96. The number of hydrogen-bond acceptors (Lipinski definition) is 4. The van der Waals surface area contributed by atoms with Crippen molar-refractivity contribution < 1.29 is 13.7 Å². The first kappa shape index (κ1) is 17.1. The number of benzene rings is 1. The predicted octanol–water partition coefficient (Wildman–Crippen LogP) is 2.64. The van der Waals surface area contributed by atoms with Crippen LogP contribution in [-0.2, 0) is 17.8 Å². The van der Waals surface area contributed by atoms with Crippen molar-refractivity contribution >= 4 is 5.91 Å². The van der Waals surface area contributed by atoms with Gasteiger partial charge in [0.25, 0.3) is 0 Å². The Morgan fingerprint density at radius 3 is 2.43 bits per heavy atom. The van der Waals surface area contributed by atoms with Gasteiger partial charge in [-0.15, -0.1) is 0 Å². The van der Waals surface area contributed by atoms with E-state index in [1.54, 1.807) is 24.1 Å². The molecule has 6 heteroatoms. The number of carbonyl (C=O) groups excluding carboxylic acids is 1. The van der Waals surface area contributed by atoms with Crippen molar-refractivity contribution in [2.24, 2.45) is 0 Å². The zero-order valence-corrected chi connectivity index (χ0v) is 13.9. The maximum absolute atomic E-state index is 13.1. The molecule has 1 heterocycles. The summed E-state index contributed by atoms with van der Waals surface area (Å²) in [7, 11) is 5.36. The summed E-state index contributed by atoms with van der Waals surface area (Å²) < 4.78 is 18.3. The van der Waals surface area contributed by atoms with Crippen molar-refractivity contribution in [3.8, 4) is 0 Å². The normalized spacial score (nSPS) is 12.4. The second kappa shape index (κ2) is 7.37. The van der Waals surface area contributed by atoms with Crippen LogP contribution in [0.3, 0.4) is 0 Å². The Hall–Kier alpha value is -2.21. The molecule has 23 heavy (non-hydrogen) atoms. The number of rotatable bonds is 6. The van der Waals surface area contributed by atoms with Crippen molar-refractivity contribution in [3.63, 3.8) is 0 Å². The molecule has 0 aliphatic carbocycles. The molecule has 0 unspecified atom stereocenters. The van der Waals surface area contributed by atoms with Crippen LogP contribution < -0.4 is 0 Å². The molecule has 1 atom stereocenters. The van der Waals surface area contributed by atoms with Gasteiger partial charge in [0, 0.05) is 13.1 Å². The van der Waals surface area contributed by atoms with E-state index in [1.807, 2.05) is 32.0 Å². The number of hydrogen-bond donors (Lipinski definition) is 0. The molecule has 0 fully saturated rings. The standard InChI is InChI=1S/C17H22FN3O2/c1-5-14-10-15(23-19-14)11-21(4)17(22)16(20(2)3)12-6-8-13(18)9-7-12/h6-10,16H,5,11H2,1-4H3/t16-/m1/s1. The first-order valence-corrected chi connectivity index (χ1v) is 7.53. The minimum Gasteiger partial charge on any atom is -0.359 e. The van der Waals surface area contributed by atoms with E-state index < -0.39 is 6.04 Å². The van der Waals surface area contributed by atoms with Gasteiger partial charge in [0.05, 0.1) is 12.2 Å². The zero-order chi connectivity index (χ0) is 17.0. The summed E-state index contributed by atoms with van der Waals surface area (Å²) in [5, 5.41) is 3.93. The van der Waals surface area contributed by atoms with E-state index in [0.29, 0.717) is 12.3 Å². The Kier molecular flexibility index (Phi) is 5.50. The number of likely N-dealkylation sites (N-methyl/N-ethyl adjacent to an activating group) is 2. The van der Waals surface area contributed by atoms with E-state index in [0.717, 1.165) is 17.7 Å². The Morgan fingerprint density at radius 1 is 1.26 bits per heavy atom. The highest BCUT2D eigenvalue weighted by Crippen LogP contribution is 2.22. The molecule has 0 radical (unpaired) electrons. The second-order valence-corrected chi connectivity index (χ2v) is 5.75. The molecular formula is C17H22FN3O2. The first-order chi connectivity index (χ1) is 10.9. The van der Waals surface area contributed by atoms with Crippen LogP contribution in [0.1, 0.15) is 30.0 Å². The van der Waals surface area contributed by atoms with Crippen molar-refractivity contribution in [3.05, 3.63) is 53.2 Å². The topological polar surface area (TPSA) is 49.6 Å². The molecule has 5 nitrogen and oxygen atoms in total. The molecule has 2 aromatic rings. The summed E-state index contributed by atoms with van der Waals surface area (Å²) in [6.07, 6.45) is 0.789. The third-order valence-electron chi connectivity index (χ3n) is 3.68. The van der Waals surface area contributed by atoms with Gasteiger partial charge in [-0.2, -0.15) is 0 Å². The molecule has 0 spiro atoms. The van der Waals surface area contributed by atoms with Crippen molar-refractivity contribution in [2.75, 3.05) is 21.1 Å². The highest BCUT2D eigenvalue weighted by Gasteiger charge is 2.26. The Labute approximate surface area is 135 Å². The summed E-state index contributed by atoms with van der Waals surface area (Å²) in [6, 6.07) is 7.37.